The predicted octanol–water partition coefficient (Wildman–Crippen LogP) is 4.34. The van der Waals surface area contributed by atoms with E-state index in [1.807, 2.05) is 6.07 Å². The van der Waals surface area contributed by atoms with E-state index in [0.29, 0.717) is 18.0 Å². The van der Waals surface area contributed by atoms with Gasteiger partial charge in [0.05, 0.1) is 17.4 Å². The summed E-state index contributed by atoms with van der Waals surface area (Å²) in [5.74, 6) is 0.645. The van der Waals surface area contributed by atoms with Crippen LogP contribution in [0.25, 0.3) is 11.0 Å². The van der Waals surface area contributed by atoms with Gasteiger partial charge < -0.3 is 4.90 Å². The van der Waals surface area contributed by atoms with Crippen molar-refractivity contribution in [3.8, 4) is 0 Å². The van der Waals surface area contributed by atoms with Crippen molar-refractivity contribution in [3.63, 3.8) is 0 Å². The van der Waals surface area contributed by atoms with Crippen LogP contribution in [-0.2, 0) is 13.0 Å². The van der Waals surface area contributed by atoms with E-state index in [9.17, 15) is 8.78 Å². The van der Waals surface area contributed by atoms with Crippen molar-refractivity contribution in [1.82, 2.24) is 19.9 Å². The van der Waals surface area contributed by atoms with Gasteiger partial charge >= 0.3 is 0 Å². The summed E-state index contributed by atoms with van der Waals surface area (Å²) in [6.07, 6.45) is 5.24. The third-order valence-corrected chi connectivity index (χ3v) is 6.26. The minimum Gasteiger partial charge on any atom is -0.353 e. The Labute approximate surface area is 182 Å². The zero-order valence-corrected chi connectivity index (χ0v) is 18.1. The molecule has 0 unspecified atom stereocenters. The number of pyridine rings is 1. The molecule has 0 spiro atoms. The van der Waals surface area contributed by atoms with Crippen LogP contribution in [0.5, 0.6) is 0 Å². The Bertz CT molecular complexity index is 1080. The number of halogens is 3. The second-order valence-electron chi connectivity index (χ2n) is 8.14. The number of piperazine rings is 1. The predicted molar refractivity (Wildman–Crippen MR) is 115 cm³/mol. The zero-order chi connectivity index (χ0) is 20.7. The number of hydrogen-bond donors (Lipinski definition) is 0. The van der Waals surface area contributed by atoms with Crippen molar-refractivity contribution in [2.75, 3.05) is 31.1 Å². The molecular weight excluding hydrogens is 452 g/mol. The highest BCUT2D eigenvalue weighted by molar-refractivity contribution is 9.10. The molecule has 0 atom stereocenters. The van der Waals surface area contributed by atoms with Gasteiger partial charge in [-0.05, 0) is 53.2 Å². The van der Waals surface area contributed by atoms with Gasteiger partial charge in [-0.1, -0.05) is 6.07 Å². The molecule has 3 aromatic rings. The van der Waals surface area contributed by atoms with Crippen molar-refractivity contribution < 1.29 is 8.78 Å². The lowest BCUT2D eigenvalue weighted by atomic mass is 10.1. The van der Waals surface area contributed by atoms with Crippen molar-refractivity contribution >= 4 is 32.8 Å². The molecule has 30 heavy (non-hydrogen) atoms. The molecule has 1 saturated heterocycles. The molecular formula is C22H22BrF2N5. The Morgan fingerprint density at radius 2 is 1.80 bits per heavy atom. The Hall–Kier alpha value is -2.19. The van der Waals surface area contributed by atoms with Crippen LogP contribution in [0, 0.1) is 17.6 Å². The number of aromatic nitrogens is 3. The molecule has 8 heteroatoms. The molecule has 2 fully saturated rings. The third kappa shape index (κ3) is 4.30. The molecule has 2 aliphatic rings. The molecule has 0 amide bonds. The van der Waals surface area contributed by atoms with Crippen molar-refractivity contribution in [1.29, 1.82) is 0 Å². The average Bonchev–Trinajstić information content (AvgIpc) is 3.54. The molecule has 1 aromatic carbocycles. The summed E-state index contributed by atoms with van der Waals surface area (Å²) in [5.41, 5.74) is 3.24. The fourth-order valence-corrected chi connectivity index (χ4v) is 4.28. The van der Waals surface area contributed by atoms with Crippen LogP contribution in [0.3, 0.4) is 0 Å². The third-order valence-electron chi connectivity index (χ3n) is 5.83. The fraction of sp³-hybridized carbons (Fsp3) is 0.409. The topological polar surface area (TPSA) is 45.2 Å². The molecule has 5 rings (SSSR count). The highest BCUT2D eigenvalue weighted by Gasteiger charge is 2.27. The summed E-state index contributed by atoms with van der Waals surface area (Å²) in [7, 11) is 0. The SMILES string of the molecule is Fc1ccc(CN2CCN(c3nc4cc(Br)ncc4nc3CC3CC3)CC2)c(F)c1. The number of hydrogen-bond acceptors (Lipinski definition) is 5. The maximum atomic E-state index is 14.0. The van der Waals surface area contributed by atoms with E-state index in [1.54, 1.807) is 6.20 Å². The second kappa shape index (κ2) is 8.15. The van der Waals surface area contributed by atoms with Crippen LogP contribution in [-0.4, -0.2) is 46.0 Å². The summed E-state index contributed by atoms with van der Waals surface area (Å²) in [6, 6.07) is 5.70. The summed E-state index contributed by atoms with van der Waals surface area (Å²) >= 11 is 3.42. The lowest BCUT2D eigenvalue weighted by Gasteiger charge is -2.36. The minimum atomic E-state index is -0.541. The standard InChI is InChI=1S/C22H22BrF2N5/c23-21-11-18-20(12-26-21)27-19(9-14-1-2-14)22(28-18)30-7-5-29(6-8-30)13-15-3-4-16(24)10-17(15)25/h3-4,10-12,14H,1-2,5-9,13H2. The second-order valence-corrected chi connectivity index (χ2v) is 8.95. The quantitative estimate of drug-likeness (QED) is 0.515. The Morgan fingerprint density at radius 1 is 1.00 bits per heavy atom. The van der Waals surface area contributed by atoms with E-state index in [0.717, 1.165) is 65.8 Å². The molecule has 0 N–H and O–H groups in total. The maximum Gasteiger partial charge on any atom is 0.151 e. The fourth-order valence-electron chi connectivity index (χ4n) is 3.96. The largest absolute Gasteiger partial charge is 0.353 e. The van der Waals surface area contributed by atoms with Gasteiger partial charge in [0.25, 0.3) is 0 Å². The van der Waals surface area contributed by atoms with Crippen LogP contribution in [0.15, 0.2) is 35.1 Å². The van der Waals surface area contributed by atoms with Crippen LogP contribution in [0.2, 0.25) is 0 Å². The smallest absolute Gasteiger partial charge is 0.151 e. The van der Waals surface area contributed by atoms with Gasteiger partial charge in [0.15, 0.2) is 5.82 Å². The summed E-state index contributed by atoms with van der Waals surface area (Å²) in [4.78, 5) is 18.6. The van der Waals surface area contributed by atoms with Gasteiger partial charge in [-0.25, -0.2) is 23.7 Å². The molecule has 0 radical (unpaired) electrons. The first-order valence-electron chi connectivity index (χ1n) is 10.3. The first-order valence-corrected chi connectivity index (χ1v) is 11.1. The molecule has 3 heterocycles. The number of nitrogens with zero attached hydrogens (tertiary/aromatic N) is 5. The Balaban J connectivity index is 1.34. The molecule has 1 aliphatic heterocycles. The van der Waals surface area contributed by atoms with Crippen LogP contribution in [0.1, 0.15) is 24.1 Å². The van der Waals surface area contributed by atoms with E-state index in [2.05, 4.69) is 30.7 Å². The van der Waals surface area contributed by atoms with Crippen molar-refractivity contribution in [2.24, 2.45) is 5.92 Å². The van der Waals surface area contributed by atoms with Gasteiger partial charge in [0, 0.05) is 44.4 Å². The summed E-state index contributed by atoms with van der Waals surface area (Å²) in [6.45, 7) is 3.66. The highest BCUT2D eigenvalue weighted by atomic mass is 79.9. The van der Waals surface area contributed by atoms with Gasteiger partial charge in [0.2, 0.25) is 0 Å². The maximum absolute atomic E-state index is 14.0. The average molecular weight is 474 g/mol. The molecule has 5 nitrogen and oxygen atoms in total. The molecule has 156 valence electrons. The Kier molecular flexibility index (Phi) is 5.37. The number of benzene rings is 1. The van der Waals surface area contributed by atoms with Crippen LogP contribution < -0.4 is 4.90 Å². The monoisotopic (exact) mass is 473 g/mol. The van der Waals surface area contributed by atoms with Gasteiger partial charge in [0.1, 0.15) is 21.8 Å². The molecule has 1 aliphatic carbocycles. The highest BCUT2D eigenvalue weighted by Crippen LogP contribution is 2.35. The van der Waals surface area contributed by atoms with Crippen molar-refractivity contribution in [3.05, 3.63) is 58.0 Å². The van der Waals surface area contributed by atoms with Crippen LogP contribution >= 0.6 is 15.9 Å². The van der Waals surface area contributed by atoms with E-state index in [1.165, 1.54) is 25.0 Å². The normalized spacial score (nSPS) is 17.6. The summed E-state index contributed by atoms with van der Waals surface area (Å²) in [5, 5.41) is 0. The van der Waals surface area contributed by atoms with Gasteiger partial charge in [-0.2, -0.15) is 0 Å². The minimum absolute atomic E-state index is 0.483. The summed E-state index contributed by atoms with van der Waals surface area (Å²) < 4.78 is 27.9. The molecule has 1 saturated carbocycles. The van der Waals surface area contributed by atoms with Gasteiger partial charge in [-0.15, -0.1) is 0 Å². The van der Waals surface area contributed by atoms with E-state index in [4.69, 9.17) is 9.97 Å². The molecule has 2 aromatic heterocycles. The van der Waals surface area contributed by atoms with Crippen molar-refractivity contribution in [2.45, 2.75) is 25.8 Å². The first kappa shape index (κ1) is 19.8. The lowest BCUT2D eigenvalue weighted by Crippen LogP contribution is -2.46. The zero-order valence-electron chi connectivity index (χ0n) is 16.5. The Morgan fingerprint density at radius 3 is 2.53 bits per heavy atom. The lowest BCUT2D eigenvalue weighted by molar-refractivity contribution is 0.245. The first-order chi connectivity index (χ1) is 14.5. The van der Waals surface area contributed by atoms with E-state index < -0.39 is 11.6 Å². The van der Waals surface area contributed by atoms with E-state index in [-0.39, 0.29) is 0 Å². The number of fused-ring (bicyclic) bond motifs is 1. The van der Waals surface area contributed by atoms with Gasteiger partial charge in [-0.3, -0.25) is 4.90 Å². The number of rotatable bonds is 5. The number of anilines is 1. The van der Waals surface area contributed by atoms with Crippen LogP contribution in [0.4, 0.5) is 14.6 Å². The molecule has 0 bridgehead atoms. The van der Waals surface area contributed by atoms with E-state index >= 15 is 0 Å².